The van der Waals surface area contributed by atoms with Gasteiger partial charge in [0.25, 0.3) is 5.91 Å². The third-order valence-corrected chi connectivity index (χ3v) is 5.62. The van der Waals surface area contributed by atoms with Crippen LogP contribution in [0.25, 0.3) is 0 Å². The zero-order valence-electron chi connectivity index (χ0n) is 19.9. The number of amides is 1. The predicted molar refractivity (Wildman–Crippen MR) is 125 cm³/mol. The first-order valence-corrected chi connectivity index (χ1v) is 12.4. The second kappa shape index (κ2) is 17.6. The SMILES string of the molecule is CCCCCCCCCCCCCCCCOC(=O)C(C)NC(=O)c1ccc(F)cc1F. The highest BCUT2D eigenvalue weighted by Gasteiger charge is 2.20. The van der Waals surface area contributed by atoms with E-state index in [2.05, 4.69) is 12.2 Å². The Labute approximate surface area is 192 Å². The average Bonchev–Trinajstić information content (AvgIpc) is 2.76. The molecule has 1 atom stereocenters. The van der Waals surface area contributed by atoms with Crippen LogP contribution in [0.4, 0.5) is 8.78 Å². The number of rotatable bonds is 18. The highest BCUT2D eigenvalue weighted by atomic mass is 19.1. The van der Waals surface area contributed by atoms with Crippen molar-refractivity contribution >= 4 is 11.9 Å². The third kappa shape index (κ3) is 12.8. The van der Waals surface area contributed by atoms with E-state index in [4.69, 9.17) is 4.74 Å². The summed E-state index contributed by atoms with van der Waals surface area (Å²) in [6, 6.07) is 1.77. The van der Waals surface area contributed by atoms with Crippen LogP contribution in [0.5, 0.6) is 0 Å². The molecule has 0 spiro atoms. The molecule has 0 saturated carbocycles. The van der Waals surface area contributed by atoms with E-state index in [9.17, 15) is 18.4 Å². The van der Waals surface area contributed by atoms with E-state index in [-0.39, 0.29) is 5.56 Å². The zero-order valence-corrected chi connectivity index (χ0v) is 19.9. The number of ether oxygens (including phenoxy) is 1. The van der Waals surface area contributed by atoms with Crippen LogP contribution in [0.15, 0.2) is 18.2 Å². The highest BCUT2D eigenvalue weighted by molar-refractivity contribution is 5.96. The maximum atomic E-state index is 13.6. The van der Waals surface area contributed by atoms with Crippen LogP contribution in [0.3, 0.4) is 0 Å². The molecule has 1 unspecified atom stereocenters. The van der Waals surface area contributed by atoms with Crippen LogP contribution < -0.4 is 5.32 Å². The van der Waals surface area contributed by atoms with Crippen LogP contribution in [-0.2, 0) is 9.53 Å². The predicted octanol–water partition coefficient (Wildman–Crippen LogP) is 7.11. The van der Waals surface area contributed by atoms with Crippen molar-refractivity contribution in [3.05, 3.63) is 35.4 Å². The van der Waals surface area contributed by atoms with Crippen molar-refractivity contribution in [2.75, 3.05) is 6.61 Å². The second-order valence-electron chi connectivity index (χ2n) is 8.58. The molecule has 0 aromatic heterocycles. The van der Waals surface area contributed by atoms with Crippen molar-refractivity contribution in [2.24, 2.45) is 0 Å². The van der Waals surface area contributed by atoms with Crippen LogP contribution in [-0.4, -0.2) is 24.5 Å². The molecule has 1 amide bonds. The molecule has 0 heterocycles. The van der Waals surface area contributed by atoms with Crippen molar-refractivity contribution in [1.82, 2.24) is 5.32 Å². The van der Waals surface area contributed by atoms with Gasteiger partial charge in [-0.2, -0.15) is 0 Å². The van der Waals surface area contributed by atoms with E-state index in [1.807, 2.05) is 0 Å². The van der Waals surface area contributed by atoms with Gasteiger partial charge in [-0.05, 0) is 25.5 Å². The van der Waals surface area contributed by atoms with Crippen molar-refractivity contribution in [3.8, 4) is 0 Å². The lowest BCUT2D eigenvalue weighted by Gasteiger charge is -2.13. The smallest absolute Gasteiger partial charge is 0.328 e. The molecule has 6 heteroatoms. The third-order valence-electron chi connectivity index (χ3n) is 5.62. The summed E-state index contributed by atoms with van der Waals surface area (Å²) in [5, 5.41) is 2.38. The van der Waals surface area contributed by atoms with Gasteiger partial charge in [0.05, 0.1) is 12.2 Å². The Morgan fingerprint density at radius 3 is 1.84 bits per heavy atom. The lowest BCUT2D eigenvalue weighted by Crippen LogP contribution is -2.40. The Bertz CT molecular complexity index is 666. The Balaban J connectivity index is 1.99. The molecule has 1 N–H and O–H groups in total. The standard InChI is InChI=1S/C26H41F2NO3/c1-3-4-5-6-7-8-9-10-11-12-13-14-15-16-19-32-26(31)21(2)29-25(30)23-18-17-22(27)20-24(23)28/h17-18,20-21H,3-16,19H2,1-2H3,(H,29,30). The van der Waals surface area contributed by atoms with Gasteiger partial charge in [-0.25, -0.2) is 13.6 Å². The number of carbonyl (C=O) groups excluding carboxylic acids is 2. The van der Waals surface area contributed by atoms with Gasteiger partial charge in [0, 0.05) is 6.07 Å². The van der Waals surface area contributed by atoms with Gasteiger partial charge < -0.3 is 10.1 Å². The number of esters is 1. The Morgan fingerprint density at radius 2 is 1.34 bits per heavy atom. The van der Waals surface area contributed by atoms with Crippen molar-refractivity contribution in [2.45, 2.75) is 110 Å². The lowest BCUT2D eigenvalue weighted by atomic mass is 10.0. The van der Waals surface area contributed by atoms with Gasteiger partial charge in [0.2, 0.25) is 0 Å². The Morgan fingerprint density at radius 1 is 0.844 bits per heavy atom. The van der Waals surface area contributed by atoms with Gasteiger partial charge in [0.15, 0.2) is 0 Å². The first kappa shape index (κ1) is 28.1. The molecule has 1 aromatic carbocycles. The summed E-state index contributed by atoms with van der Waals surface area (Å²) in [5.74, 6) is -3.07. The van der Waals surface area contributed by atoms with Crippen molar-refractivity contribution < 1.29 is 23.1 Å². The minimum absolute atomic E-state index is 0.307. The summed E-state index contributed by atoms with van der Waals surface area (Å²) in [6.07, 6.45) is 17.6. The number of hydrogen-bond acceptors (Lipinski definition) is 3. The number of unbranched alkanes of at least 4 members (excludes halogenated alkanes) is 13. The van der Waals surface area contributed by atoms with E-state index in [1.54, 1.807) is 0 Å². The molecule has 1 aromatic rings. The molecule has 0 aliphatic rings. The average molecular weight is 454 g/mol. The van der Waals surface area contributed by atoms with Crippen molar-refractivity contribution in [3.63, 3.8) is 0 Å². The topological polar surface area (TPSA) is 55.4 Å². The maximum Gasteiger partial charge on any atom is 0.328 e. The molecule has 4 nitrogen and oxygen atoms in total. The molecule has 182 valence electrons. The fraction of sp³-hybridized carbons (Fsp3) is 0.692. The quantitative estimate of drug-likeness (QED) is 0.190. The van der Waals surface area contributed by atoms with Gasteiger partial charge in [-0.3, -0.25) is 4.79 Å². The number of hydrogen-bond donors (Lipinski definition) is 1. The fourth-order valence-electron chi connectivity index (χ4n) is 3.60. The van der Waals surface area contributed by atoms with Crippen LogP contribution in [0, 0.1) is 11.6 Å². The molecule has 0 aliphatic heterocycles. The first-order valence-electron chi connectivity index (χ1n) is 12.4. The van der Waals surface area contributed by atoms with E-state index < -0.39 is 29.6 Å². The van der Waals surface area contributed by atoms with Crippen LogP contribution in [0.2, 0.25) is 0 Å². The first-order chi connectivity index (χ1) is 15.5. The summed E-state index contributed by atoms with van der Waals surface area (Å²) >= 11 is 0. The van der Waals surface area contributed by atoms with Crippen molar-refractivity contribution in [1.29, 1.82) is 0 Å². The monoisotopic (exact) mass is 453 g/mol. The Hall–Kier alpha value is -1.98. The molecule has 32 heavy (non-hydrogen) atoms. The summed E-state index contributed by atoms with van der Waals surface area (Å²) in [7, 11) is 0. The number of benzene rings is 1. The minimum Gasteiger partial charge on any atom is -0.464 e. The lowest BCUT2D eigenvalue weighted by molar-refractivity contribution is -0.145. The minimum atomic E-state index is -0.967. The van der Waals surface area contributed by atoms with Gasteiger partial charge in [0.1, 0.15) is 17.7 Å². The zero-order chi connectivity index (χ0) is 23.6. The Kier molecular flexibility index (Phi) is 15.4. The summed E-state index contributed by atoms with van der Waals surface area (Å²) in [5.41, 5.74) is -0.307. The van der Waals surface area contributed by atoms with E-state index in [0.717, 1.165) is 31.4 Å². The maximum absolute atomic E-state index is 13.6. The summed E-state index contributed by atoms with van der Waals surface area (Å²) in [6.45, 7) is 4.03. The molecule has 0 radical (unpaired) electrons. The molecule has 1 rings (SSSR count). The largest absolute Gasteiger partial charge is 0.464 e. The highest BCUT2D eigenvalue weighted by Crippen LogP contribution is 2.13. The molecule has 0 saturated heterocycles. The second-order valence-corrected chi connectivity index (χ2v) is 8.58. The normalized spacial score (nSPS) is 11.9. The fourth-order valence-corrected chi connectivity index (χ4v) is 3.60. The number of nitrogens with one attached hydrogen (secondary N) is 1. The molecule has 0 aliphatic carbocycles. The molecular weight excluding hydrogens is 412 g/mol. The van der Waals surface area contributed by atoms with Crippen LogP contribution >= 0.6 is 0 Å². The van der Waals surface area contributed by atoms with Gasteiger partial charge in [-0.15, -0.1) is 0 Å². The van der Waals surface area contributed by atoms with Crippen LogP contribution in [0.1, 0.15) is 114 Å². The van der Waals surface area contributed by atoms with Gasteiger partial charge in [-0.1, -0.05) is 90.4 Å². The van der Waals surface area contributed by atoms with E-state index in [0.29, 0.717) is 12.7 Å². The molecular formula is C26H41F2NO3. The summed E-state index contributed by atoms with van der Waals surface area (Å²) in [4.78, 5) is 24.0. The summed E-state index contributed by atoms with van der Waals surface area (Å²) < 4.78 is 31.8. The molecule has 0 fully saturated rings. The van der Waals surface area contributed by atoms with E-state index >= 15 is 0 Å². The van der Waals surface area contributed by atoms with E-state index in [1.165, 1.54) is 77.6 Å². The molecule has 0 bridgehead atoms. The van der Waals surface area contributed by atoms with Gasteiger partial charge >= 0.3 is 5.97 Å². The number of carbonyl (C=O) groups is 2. The number of halogens is 2.